The fraction of sp³-hybridized carbons (Fsp3) is 0.400. The molecule has 0 radical (unpaired) electrons. The average molecular weight is 375 g/mol. The highest BCUT2D eigenvalue weighted by Crippen LogP contribution is 2.24. The molecule has 0 saturated carbocycles. The lowest BCUT2D eigenvalue weighted by molar-refractivity contribution is 0.555. The Morgan fingerprint density at radius 1 is 1.43 bits per heavy atom. The fourth-order valence-corrected chi connectivity index (χ4v) is 3.06. The molecular weight excluding hydrogens is 357 g/mol. The summed E-state index contributed by atoms with van der Waals surface area (Å²) in [4.78, 5) is 0. The van der Waals surface area contributed by atoms with Crippen molar-refractivity contribution in [1.29, 1.82) is 0 Å². The molecule has 0 amide bonds. The second-order valence-electron chi connectivity index (χ2n) is 5.03. The number of rotatable bonds is 5. The molecule has 0 bridgehead atoms. The van der Waals surface area contributed by atoms with Gasteiger partial charge in [-0.3, -0.25) is 4.68 Å². The third-order valence-electron chi connectivity index (χ3n) is 3.44. The van der Waals surface area contributed by atoms with Gasteiger partial charge < -0.3 is 5.73 Å². The average Bonchev–Trinajstić information content (AvgIpc) is 2.71. The Hall–Kier alpha value is -0.910. The van der Waals surface area contributed by atoms with E-state index in [1.54, 1.807) is 12.1 Å². The molecule has 6 heteroatoms. The first kappa shape index (κ1) is 16.5. The largest absolute Gasteiger partial charge is 0.327 e. The van der Waals surface area contributed by atoms with Gasteiger partial charge in [-0.1, -0.05) is 17.7 Å². The normalized spacial score (nSPS) is 12.7. The number of nitrogens with two attached hydrogens (primary N) is 1. The highest BCUT2D eigenvalue weighted by atomic mass is 79.9. The van der Waals surface area contributed by atoms with Crippen LogP contribution in [0.5, 0.6) is 0 Å². The molecule has 2 N–H and O–H groups in total. The number of hydrogen-bond donors (Lipinski definition) is 1. The van der Waals surface area contributed by atoms with Crippen molar-refractivity contribution in [3.8, 4) is 0 Å². The van der Waals surface area contributed by atoms with Gasteiger partial charge in [0.25, 0.3) is 0 Å². The van der Waals surface area contributed by atoms with E-state index in [1.165, 1.54) is 6.07 Å². The van der Waals surface area contributed by atoms with Crippen LogP contribution >= 0.6 is 27.5 Å². The molecule has 0 aliphatic carbocycles. The van der Waals surface area contributed by atoms with Crippen LogP contribution < -0.4 is 5.73 Å². The van der Waals surface area contributed by atoms with E-state index in [0.29, 0.717) is 23.4 Å². The van der Waals surface area contributed by atoms with Gasteiger partial charge >= 0.3 is 0 Å². The summed E-state index contributed by atoms with van der Waals surface area (Å²) in [5.74, 6) is -0.308. The van der Waals surface area contributed by atoms with Crippen molar-refractivity contribution in [3.63, 3.8) is 0 Å². The monoisotopic (exact) mass is 373 g/mol. The maximum absolute atomic E-state index is 13.8. The molecule has 2 rings (SSSR count). The molecule has 0 saturated heterocycles. The summed E-state index contributed by atoms with van der Waals surface area (Å²) >= 11 is 9.59. The number of aromatic nitrogens is 2. The summed E-state index contributed by atoms with van der Waals surface area (Å²) in [7, 11) is 0. The van der Waals surface area contributed by atoms with Gasteiger partial charge in [-0.05, 0) is 48.3 Å². The maximum Gasteiger partial charge on any atom is 0.127 e. The van der Waals surface area contributed by atoms with E-state index in [0.717, 1.165) is 22.4 Å². The summed E-state index contributed by atoms with van der Waals surface area (Å²) in [5, 5.41) is 4.86. The van der Waals surface area contributed by atoms with Gasteiger partial charge in [-0.2, -0.15) is 5.10 Å². The van der Waals surface area contributed by atoms with Crippen LogP contribution in [0.1, 0.15) is 23.9 Å². The van der Waals surface area contributed by atoms with E-state index in [1.807, 2.05) is 18.5 Å². The quantitative estimate of drug-likeness (QED) is 0.863. The Labute approximate surface area is 137 Å². The standard InChI is InChI=1S/C15H18BrClFN3/c1-3-21-14(15(16)9(2)20-21)8-10(19)7-11-12(17)5-4-6-13(11)18/h4-6,10H,3,7-8,19H2,1-2H3. The third kappa shape index (κ3) is 3.65. The van der Waals surface area contributed by atoms with Crippen LogP contribution in [0.4, 0.5) is 4.39 Å². The minimum absolute atomic E-state index is 0.225. The number of hydrogen-bond acceptors (Lipinski definition) is 2. The lowest BCUT2D eigenvalue weighted by Crippen LogP contribution is -2.27. The van der Waals surface area contributed by atoms with Gasteiger partial charge in [0.1, 0.15) is 5.82 Å². The van der Waals surface area contributed by atoms with Crippen LogP contribution in [0.2, 0.25) is 5.02 Å². The van der Waals surface area contributed by atoms with Crippen molar-refractivity contribution in [3.05, 3.63) is 50.5 Å². The first-order valence-electron chi connectivity index (χ1n) is 6.84. The van der Waals surface area contributed by atoms with Gasteiger partial charge in [0.05, 0.1) is 15.9 Å². The molecule has 114 valence electrons. The molecule has 1 aromatic carbocycles. The van der Waals surface area contributed by atoms with Crippen molar-refractivity contribution < 1.29 is 4.39 Å². The van der Waals surface area contributed by atoms with E-state index in [-0.39, 0.29) is 11.9 Å². The molecule has 0 fully saturated rings. The Morgan fingerprint density at radius 3 is 2.76 bits per heavy atom. The van der Waals surface area contributed by atoms with E-state index >= 15 is 0 Å². The van der Waals surface area contributed by atoms with Crippen LogP contribution in [0, 0.1) is 12.7 Å². The molecule has 0 spiro atoms. The zero-order valence-corrected chi connectivity index (χ0v) is 14.4. The van der Waals surface area contributed by atoms with E-state index in [9.17, 15) is 4.39 Å². The highest BCUT2D eigenvalue weighted by Gasteiger charge is 2.17. The lowest BCUT2D eigenvalue weighted by atomic mass is 10.0. The summed E-state index contributed by atoms with van der Waals surface area (Å²) < 4.78 is 16.7. The predicted molar refractivity (Wildman–Crippen MR) is 87.1 cm³/mol. The minimum atomic E-state index is -0.308. The summed E-state index contributed by atoms with van der Waals surface area (Å²) in [5.41, 5.74) is 8.63. The summed E-state index contributed by atoms with van der Waals surface area (Å²) in [6.45, 7) is 4.75. The second-order valence-corrected chi connectivity index (χ2v) is 6.23. The number of benzene rings is 1. The van der Waals surface area contributed by atoms with Crippen LogP contribution in [0.15, 0.2) is 22.7 Å². The van der Waals surface area contributed by atoms with Crippen molar-refractivity contribution in [2.75, 3.05) is 0 Å². The first-order valence-corrected chi connectivity index (χ1v) is 8.01. The lowest BCUT2D eigenvalue weighted by Gasteiger charge is -2.14. The third-order valence-corrected chi connectivity index (χ3v) is 4.82. The summed E-state index contributed by atoms with van der Waals surface area (Å²) in [6, 6.07) is 4.46. The van der Waals surface area contributed by atoms with Gasteiger partial charge in [-0.25, -0.2) is 4.39 Å². The molecule has 1 heterocycles. The smallest absolute Gasteiger partial charge is 0.127 e. The molecule has 1 aromatic heterocycles. The Kier molecular flexibility index (Phi) is 5.41. The molecule has 1 atom stereocenters. The first-order chi connectivity index (χ1) is 9.93. The second kappa shape index (κ2) is 6.90. The van der Waals surface area contributed by atoms with Crippen LogP contribution in [-0.4, -0.2) is 15.8 Å². The van der Waals surface area contributed by atoms with E-state index in [2.05, 4.69) is 21.0 Å². The zero-order valence-electron chi connectivity index (χ0n) is 12.0. The SMILES string of the molecule is CCn1nc(C)c(Br)c1CC(N)Cc1c(F)cccc1Cl. The van der Waals surface area contributed by atoms with Crippen LogP contribution in [0.25, 0.3) is 0 Å². The molecule has 1 unspecified atom stereocenters. The highest BCUT2D eigenvalue weighted by molar-refractivity contribution is 9.10. The number of aryl methyl sites for hydroxylation is 2. The molecule has 0 aliphatic heterocycles. The van der Waals surface area contributed by atoms with Gasteiger partial charge in [0.15, 0.2) is 0 Å². The van der Waals surface area contributed by atoms with Gasteiger partial charge in [-0.15, -0.1) is 0 Å². The van der Waals surface area contributed by atoms with Gasteiger partial charge in [0.2, 0.25) is 0 Å². The van der Waals surface area contributed by atoms with E-state index in [4.69, 9.17) is 17.3 Å². The topological polar surface area (TPSA) is 43.8 Å². The van der Waals surface area contributed by atoms with Crippen molar-refractivity contribution >= 4 is 27.5 Å². The Morgan fingerprint density at radius 2 is 2.14 bits per heavy atom. The maximum atomic E-state index is 13.8. The van der Waals surface area contributed by atoms with Crippen LogP contribution in [0.3, 0.4) is 0 Å². The minimum Gasteiger partial charge on any atom is -0.327 e. The van der Waals surface area contributed by atoms with Crippen molar-refractivity contribution in [1.82, 2.24) is 9.78 Å². The van der Waals surface area contributed by atoms with Crippen molar-refractivity contribution in [2.24, 2.45) is 5.73 Å². The number of nitrogens with zero attached hydrogens (tertiary/aromatic N) is 2. The number of halogens is 3. The molecule has 21 heavy (non-hydrogen) atoms. The predicted octanol–water partition coefficient (Wildman–Crippen LogP) is 3.88. The fourth-order valence-electron chi connectivity index (χ4n) is 2.37. The van der Waals surface area contributed by atoms with Gasteiger partial charge in [0, 0.05) is 29.6 Å². The molecule has 0 aliphatic rings. The van der Waals surface area contributed by atoms with Crippen LogP contribution in [-0.2, 0) is 19.4 Å². The Bertz CT molecular complexity index is 622. The zero-order chi connectivity index (χ0) is 15.6. The molecule has 2 aromatic rings. The van der Waals surface area contributed by atoms with E-state index < -0.39 is 0 Å². The molecular formula is C15H18BrClFN3. The van der Waals surface area contributed by atoms with Crippen molar-refractivity contribution in [2.45, 2.75) is 39.3 Å². The Balaban J connectivity index is 2.17. The molecule has 3 nitrogen and oxygen atoms in total. The summed E-state index contributed by atoms with van der Waals surface area (Å²) in [6.07, 6.45) is 1.01.